The molecule has 3 nitrogen and oxygen atoms in total. The molecule has 2 saturated heterocycles. The van der Waals surface area contributed by atoms with Gasteiger partial charge >= 0.3 is 0 Å². The van der Waals surface area contributed by atoms with Gasteiger partial charge in [-0.1, -0.05) is 43.6 Å². The van der Waals surface area contributed by atoms with Gasteiger partial charge in [0.2, 0.25) is 0 Å². The highest BCUT2D eigenvalue weighted by Gasteiger charge is 2.57. The van der Waals surface area contributed by atoms with Gasteiger partial charge in [0.05, 0.1) is 18.3 Å². The Morgan fingerprint density at radius 2 is 2.00 bits per heavy atom. The second-order valence-electron chi connectivity index (χ2n) is 12.2. The summed E-state index contributed by atoms with van der Waals surface area (Å²) < 4.78 is 6.89. The summed E-state index contributed by atoms with van der Waals surface area (Å²) in [5.74, 6) is 4.30. The average Bonchev–Trinajstić information content (AvgIpc) is 3.09. The van der Waals surface area contributed by atoms with E-state index in [1.807, 2.05) is 5.57 Å². The minimum atomic E-state index is -0.110. The lowest BCUT2D eigenvalue weighted by molar-refractivity contribution is -0.143. The minimum Gasteiger partial charge on any atom is -0.393 e. The molecule has 0 amide bonds. The van der Waals surface area contributed by atoms with Gasteiger partial charge in [-0.15, -0.1) is 0 Å². The molecule has 4 aliphatic carbocycles. The first-order valence-corrected chi connectivity index (χ1v) is 12.8. The maximum absolute atomic E-state index is 10.3. The van der Waals surface area contributed by atoms with Gasteiger partial charge in [0.25, 0.3) is 0 Å². The van der Waals surface area contributed by atoms with Crippen molar-refractivity contribution in [2.75, 3.05) is 6.54 Å². The zero-order valence-corrected chi connectivity index (χ0v) is 19.4. The van der Waals surface area contributed by atoms with Crippen LogP contribution in [0, 0.1) is 40.9 Å². The quantitative estimate of drug-likeness (QED) is 0.560. The summed E-state index contributed by atoms with van der Waals surface area (Å²) in [6, 6.07) is 0.531. The Balaban J connectivity index is 1.32. The van der Waals surface area contributed by atoms with Crippen molar-refractivity contribution in [1.29, 1.82) is 0 Å². The molecule has 2 saturated carbocycles. The molecule has 0 spiro atoms. The number of piperidine rings is 1. The summed E-state index contributed by atoms with van der Waals surface area (Å²) in [6.45, 7) is 11.0. The van der Waals surface area contributed by atoms with Gasteiger partial charge in [-0.25, -0.2) is 0 Å². The van der Waals surface area contributed by atoms with Crippen LogP contribution in [0.25, 0.3) is 0 Å². The van der Waals surface area contributed by atoms with Crippen molar-refractivity contribution in [2.45, 2.75) is 97.0 Å². The predicted molar refractivity (Wildman–Crippen MR) is 120 cm³/mol. The van der Waals surface area contributed by atoms with Crippen LogP contribution in [0.5, 0.6) is 0 Å². The van der Waals surface area contributed by atoms with Crippen molar-refractivity contribution >= 4 is 0 Å². The van der Waals surface area contributed by atoms with Crippen LogP contribution in [0.3, 0.4) is 0 Å². The van der Waals surface area contributed by atoms with Crippen molar-refractivity contribution in [3.05, 3.63) is 22.8 Å². The fourth-order valence-electron chi connectivity index (χ4n) is 9.08. The summed E-state index contributed by atoms with van der Waals surface area (Å²) in [6.07, 6.45) is 11.3. The Morgan fingerprint density at radius 1 is 1.17 bits per heavy atom. The first kappa shape index (κ1) is 20.0. The van der Waals surface area contributed by atoms with E-state index in [2.05, 4.69) is 39.1 Å². The highest BCUT2D eigenvalue weighted by Crippen LogP contribution is 2.64. The fraction of sp³-hybridized carbons (Fsp3) is 0.852. The van der Waals surface area contributed by atoms with Crippen LogP contribution in [0.1, 0.15) is 72.6 Å². The molecule has 2 aliphatic heterocycles. The molecule has 0 unspecified atom stereocenters. The Bertz CT molecular complexity index is 786. The van der Waals surface area contributed by atoms with E-state index in [0.29, 0.717) is 35.5 Å². The molecule has 6 aliphatic rings. The zero-order valence-electron chi connectivity index (χ0n) is 19.4. The molecule has 0 radical (unpaired) electrons. The van der Waals surface area contributed by atoms with Crippen LogP contribution >= 0.6 is 0 Å². The number of allylic oxidation sites excluding steroid dienone is 2. The molecule has 3 heteroatoms. The first-order valence-electron chi connectivity index (χ1n) is 12.8. The third-order valence-corrected chi connectivity index (χ3v) is 10.7. The summed E-state index contributed by atoms with van der Waals surface area (Å²) in [5, 5.41) is 14.1. The summed E-state index contributed by atoms with van der Waals surface area (Å²) >= 11 is 0. The molecule has 2 heterocycles. The van der Waals surface area contributed by atoms with Crippen LogP contribution in [0.15, 0.2) is 22.8 Å². The fourth-order valence-corrected chi connectivity index (χ4v) is 9.08. The maximum Gasteiger partial charge on any atom is 0.0737 e. The molecule has 30 heavy (non-hydrogen) atoms. The van der Waals surface area contributed by atoms with Crippen LogP contribution in [-0.4, -0.2) is 36.0 Å². The third-order valence-electron chi connectivity index (χ3n) is 10.7. The standard InChI is InChI=1S/C27H41NO2/c1-14-9-24-26(28-13-14)16(3)25-15(2)20-11-22-19(21(20)12-23(25)30-24)6-5-17-10-18(29)7-8-27(17,22)4/h5,14,16,18-19,21-26,28-29H,6-13H2,1-4H3/t14-,16-,18-,19-,21-,22-,23+,24+,25+,26-,27-/m0/s1. The van der Waals surface area contributed by atoms with Crippen molar-refractivity contribution < 1.29 is 9.84 Å². The Kier molecular flexibility index (Phi) is 4.62. The Morgan fingerprint density at radius 3 is 2.83 bits per heavy atom. The van der Waals surface area contributed by atoms with E-state index in [1.165, 1.54) is 32.1 Å². The molecule has 0 aromatic carbocycles. The molecule has 4 fully saturated rings. The van der Waals surface area contributed by atoms with Gasteiger partial charge < -0.3 is 15.2 Å². The molecular formula is C27H41NO2. The topological polar surface area (TPSA) is 41.5 Å². The van der Waals surface area contributed by atoms with Crippen LogP contribution < -0.4 is 5.32 Å². The smallest absolute Gasteiger partial charge is 0.0737 e. The third kappa shape index (κ3) is 2.74. The molecule has 0 aromatic rings. The summed E-state index contributed by atoms with van der Waals surface area (Å²) in [4.78, 5) is 0. The predicted octanol–water partition coefficient (Wildman–Crippen LogP) is 4.86. The van der Waals surface area contributed by atoms with Crippen LogP contribution in [0.2, 0.25) is 0 Å². The first-order chi connectivity index (χ1) is 14.4. The number of ether oxygens (including phenoxy) is 1. The molecule has 0 bridgehead atoms. The van der Waals surface area contributed by atoms with E-state index in [-0.39, 0.29) is 6.10 Å². The number of nitrogens with one attached hydrogen (secondary N) is 1. The van der Waals surface area contributed by atoms with E-state index in [0.717, 1.165) is 43.1 Å². The highest BCUT2D eigenvalue weighted by atomic mass is 16.5. The lowest BCUT2D eigenvalue weighted by atomic mass is 9.56. The van der Waals surface area contributed by atoms with E-state index >= 15 is 0 Å². The molecule has 2 N–H and O–H groups in total. The van der Waals surface area contributed by atoms with E-state index < -0.39 is 0 Å². The lowest BCUT2D eigenvalue weighted by Gasteiger charge is -2.53. The monoisotopic (exact) mass is 411 g/mol. The average molecular weight is 412 g/mol. The van der Waals surface area contributed by atoms with Crippen molar-refractivity contribution in [2.24, 2.45) is 40.9 Å². The van der Waals surface area contributed by atoms with Crippen LogP contribution in [-0.2, 0) is 4.74 Å². The molecule has 6 rings (SSSR count). The number of aliphatic hydroxyl groups is 1. The number of fused-ring (bicyclic) bond motifs is 7. The minimum absolute atomic E-state index is 0.110. The Hall–Kier alpha value is -0.640. The SMILES string of the molecule is CC1=C2C[C@H]3[C@@H](CC=C4C[C@@H](O)CC[C@@]43C)[C@@H]2C[C@H]2O[C@@H]3C[C@H](C)CN[C@H]3[C@@H](C)[C@@H]12. The maximum atomic E-state index is 10.3. The second kappa shape index (κ2) is 6.93. The lowest BCUT2D eigenvalue weighted by Crippen LogP contribution is -2.61. The number of hydrogen-bond acceptors (Lipinski definition) is 3. The van der Waals surface area contributed by atoms with Gasteiger partial charge in [0.15, 0.2) is 0 Å². The van der Waals surface area contributed by atoms with Gasteiger partial charge in [0.1, 0.15) is 0 Å². The normalized spacial score (nSPS) is 55.0. The summed E-state index contributed by atoms with van der Waals surface area (Å²) in [5.41, 5.74) is 5.39. The van der Waals surface area contributed by atoms with Gasteiger partial charge in [-0.05, 0) is 93.4 Å². The number of hydrogen-bond donors (Lipinski definition) is 2. The van der Waals surface area contributed by atoms with E-state index in [9.17, 15) is 5.11 Å². The Labute approximate surface area is 182 Å². The second-order valence-corrected chi connectivity index (χ2v) is 12.2. The van der Waals surface area contributed by atoms with Gasteiger partial charge in [0, 0.05) is 12.0 Å². The van der Waals surface area contributed by atoms with E-state index in [4.69, 9.17) is 4.74 Å². The van der Waals surface area contributed by atoms with Crippen molar-refractivity contribution in [1.82, 2.24) is 5.32 Å². The zero-order chi connectivity index (χ0) is 20.8. The number of aliphatic hydroxyl groups excluding tert-OH is 1. The van der Waals surface area contributed by atoms with Crippen LogP contribution in [0.4, 0.5) is 0 Å². The number of rotatable bonds is 0. The largest absolute Gasteiger partial charge is 0.393 e. The molecule has 11 atom stereocenters. The highest BCUT2D eigenvalue weighted by molar-refractivity contribution is 5.35. The van der Waals surface area contributed by atoms with Crippen molar-refractivity contribution in [3.8, 4) is 0 Å². The molecular weight excluding hydrogens is 370 g/mol. The molecule has 166 valence electrons. The molecule has 0 aromatic heterocycles. The van der Waals surface area contributed by atoms with Gasteiger partial charge in [-0.2, -0.15) is 0 Å². The van der Waals surface area contributed by atoms with Gasteiger partial charge in [-0.3, -0.25) is 0 Å². The summed E-state index contributed by atoms with van der Waals surface area (Å²) in [7, 11) is 0. The van der Waals surface area contributed by atoms with Crippen molar-refractivity contribution in [3.63, 3.8) is 0 Å². The van der Waals surface area contributed by atoms with E-state index in [1.54, 1.807) is 11.1 Å².